The molecule has 0 atom stereocenters. The molecule has 0 aliphatic rings. The van der Waals surface area contributed by atoms with E-state index >= 15 is 0 Å². The van der Waals surface area contributed by atoms with Gasteiger partial charge in [-0.2, -0.15) is 8.78 Å². The first-order chi connectivity index (χ1) is 10.1. The Hall–Kier alpha value is -1.73. The summed E-state index contributed by atoms with van der Waals surface area (Å²) in [5, 5.41) is 8.95. The van der Waals surface area contributed by atoms with Crippen molar-refractivity contribution >= 4 is 5.91 Å². The molecule has 0 radical (unpaired) electrons. The predicted octanol–water partition coefficient (Wildman–Crippen LogP) is 1.30. The largest absolute Gasteiger partial charge is 0.435 e. The van der Waals surface area contributed by atoms with Crippen LogP contribution in [0.3, 0.4) is 0 Å². The molecule has 0 aromatic heterocycles. The minimum Gasteiger partial charge on any atom is -0.435 e. The van der Waals surface area contributed by atoms with Crippen molar-refractivity contribution in [2.24, 2.45) is 0 Å². The minimum atomic E-state index is -2.87. The highest BCUT2D eigenvalue weighted by Crippen LogP contribution is 2.15. The summed E-state index contributed by atoms with van der Waals surface area (Å²) in [5.41, 5.74) is 0.682. The number of ether oxygens (including phenoxy) is 2. The summed E-state index contributed by atoms with van der Waals surface area (Å²) in [6.07, 6.45) is 0.124. The van der Waals surface area contributed by atoms with Crippen molar-refractivity contribution in [3.8, 4) is 5.75 Å². The standard InChI is InChI=1S/C14H19F2NO4/c1-20-9-7-17(6-8-18)13(19)10-11-2-4-12(5-3-11)21-14(15)16/h2-5,14,18H,6-10H2,1H3. The fraction of sp³-hybridized carbons (Fsp3) is 0.500. The molecule has 5 nitrogen and oxygen atoms in total. The van der Waals surface area contributed by atoms with E-state index in [1.165, 1.54) is 24.1 Å². The monoisotopic (exact) mass is 303 g/mol. The summed E-state index contributed by atoms with van der Waals surface area (Å²) in [5.74, 6) is -0.114. The van der Waals surface area contributed by atoms with Crippen molar-refractivity contribution < 1.29 is 28.2 Å². The molecular formula is C14H19F2NO4. The molecule has 0 bridgehead atoms. The number of methoxy groups -OCH3 is 1. The van der Waals surface area contributed by atoms with Crippen LogP contribution in [0.25, 0.3) is 0 Å². The van der Waals surface area contributed by atoms with Gasteiger partial charge in [-0.05, 0) is 17.7 Å². The second-order valence-corrected chi connectivity index (χ2v) is 4.30. The normalized spacial score (nSPS) is 10.7. The average Bonchev–Trinajstić information content (AvgIpc) is 2.45. The highest BCUT2D eigenvalue weighted by Gasteiger charge is 2.13. The van der Waals surface area contributed by atoms with Crippen LogP contribution in [0.1, 0.15) is 5.56 Å². The molecule has 0 aliphatic heterocycles. The van der Waals surface area contributed by atoms with Gasteiger partial charge >= 0.3 is 6.61 Å². The van der Waals surface area contributed by atoms with E-state index in [9.17, 15) is 13.6 Å². The maximum Gasteiger partial charge on any atom is 0.387 e. The van der Waals surface area contributed by atoms with Crippen molar-refractivity contribution in [1.82, 2.24) is 4.90 Å². The van der Waals surface area contributed by atoms with E-state index in [-0.39, 0.29) is 31.2 Å². The Morgan fingerprint density at radius 1 is 1.29 bits per heavy atom. The zero-order chi connectivity index (χ0) is 15.7. The summed E-state index contributed by atoms with van der Waals surface area (Å²) < 4.78 is 33.2. The summed E-state index contributed by atoms with van der Waals surface area (Å²) >= 11 is 0. The number of carbonyl (C=O) groups is 1. The highest BCUT2D eigenvalue weighted by molar-refractivity contribution is 5.78. The van der Waals surface area contributed by atoms with E-state index in [1.807, 2.05) is 0 Å². The van der Waals surface area contributed by atoms with E-state index in [0.29, 0.717) is 18.7 Å². The number of alkyl halides is 2. The number of carbonyl (C=O) groups excluding carboxylic acids is 1. The Labute approximate surface area is 122 Å². The van der Waals surface area contributed by atoms with Gasteiger partial charge < -0.3 is 19.5 Å². The second-order valence-electron chi connectivity index (χ2n) is 4.30. The van der Waals surface area contributed by atoms with Gasteiger partial charge in [0.15, 0.2) is 0 Å². The number of hydrogen-bond acceptors (Lipinski definition) is 4. The topological polar surface area (TPSA) is 59.0 Å². The quantitative estimate of drug-likeness (QED) is 0.747. The van der Waals surface area contributed by atoms with Crippen molar-refractivity contribution in [1.29, 1.82) is 0 Å². The van der Waals surface area contributed by atoms with Crippen LogP contribution in [0.15, 0.2) is 24.3 Å². The van der Waals surface area contributed by atoms with Gasteiger partial charge in [0.05, 0.1) is 19.6 Å². The van der Waals surface area contributed by atoms with Gasteiger partial charge in [0.25, 0.3) is 0 Å². The molecule has 0 spiro atoms. The Morgan fingerprint density at radius 2 is 1.95 bits per heavy atom. The van der Waals surface area contributed by atoms with E-state index in [2.05, 4.69) is 4.74 Å². The van der Waals surface area contributed by atoms with Crippen molar-refractivity contribution in [2.75, 3.05) is 33.4 Å². The maximum absolute atomic E-state index is 12.1. The van der Waals surface area contributed by atoms with Crippen molar-refractivity contribution in [3.05, 3.63) is 29.8 Å². The molecule has 0 unspecified atom stereocenters. The van der Waals surface area contributed by atoms with Gasteiger partial charge in [0.2, 0.25) is 5.91 Å². The predicted molar refractivity (Wildman–Crippen MR) is 72.3 cm³/mol. The molecule has 7 heteroatoms. The molecule has 0 fully saturated rings. The van der Waals surface area contributed by atoms with Crippen LogP contribution in [-0.2, 0) is 16.0 Å². The Bertz CT molecular complexity index is 425. The lowest BCUT2D eigenvalue weighted by molar-refractivity contribution is -0.131. The Balaban J connectivity index is 2.59. The molecular weight excluding hydrogens is 284 g/mol. The van der Waals surface area contributed by atoms with E-state index in [0.717, 1.165) is 0 Å². The first-order valence-electron chi connectivity index (χ1n) is 6.48. The third-order valence-corrected chi connectivity index (χ3v) is 2.79. The van der Waals surface area contributed by atoms with Gasteiger partial charge in [-0.1, -0.05) is 12.1 Å². The first kappa shape index (κ1) is 17.3. The van der Waals surface area contributed by atoms with Gasteiger partial charge in [-0.15, -0.1) is 0 Å². The lowest BCUT2D eigenvalue weighted by Gasteiger charge is -2.21. The number of rotatable bonds is 9. The summed E-state index contributed by atoms with van der Waals surface area (Å²) in [6, 6.07) is 5.90. The van der Waals surface area contributed by atoms with Crippen LogP contribution in [0.4, 0.5) is 8.78 Å². The Morgan fingerprint density at radius 3 is 2.48 bits per heavy atom. The zero-order valence-corrected chi connectivity index (χ0v) is 11.8. The average molecular weight is 303 g/mol. The summed E-state index contributed by atoms with van der Waals surface area (Å²) in [4.78, 5) is 13.6. The zero-order valence-electron chi connectivity index (χ0n) is 11.8. The number of hydrogen-bond donors (Lipinski definition) is 1. The van der Waals surface area contributed by atoms with E-state index in [4.69, 9.17) is 9.84 Å². The highest BCUT2D eigenvalue weighted by atomic mass is 19.3. The van der Waals surface area contributed by atoms with Gasteiger partial charge in [-0.25, -0.2) is 0 Å². The number of amides is 1. The number of benzene rings is 1. The molecule has 1 rings (SSSR count). The molecule has 1 aromatic carbocycles. The molecule has 0 saturated carbocycles. The fourth-order valence-electron chi connectivity index (χ4n) is 1.76. The van der Waals surface area contributed by atoms with Crippen LogP contribution < -0.4 is 4.74 Å². The summed E-state index contributed by atoms with van der Waals surface area (Å²) in [7, 11) is 1.53. The minimum absolute atomic E-state index is 0.0489. The SMILES string of the molecule is COCCN(CCO)C(=O)Cc1ccc(OC(F)F)cc1. The van der Waals surface area contributed by atoms with Crippen LogP contribution >= 0.6 is 0 Å². The molecule has 0 aliphatic carbocycles. The van der Waals surface area contributed by atoms with Crippen LogP contribution in [0, 0.1) is 0 Å². The summed E-state index contributed by atoms with van der Waals surface area (Å²) in [6.45, 7) is -1.99. The van der Waals surface area contributed by atoms with Gasteiger partial charge in [-0.3, -0.25) is 4.79 Å². The van der Waals surface area contributed by atoms with Crippen LogP contribution in [0.2, 0.25) is 0 Å². The second kappa shape index (κ2) is 9.25. The third kappa shape index (κ3) is 6.50. The van der Waals surface area contributed by atoms with Gasteiger partial charge in [0, 0.05) is 20.2 Å². The molecule has 21 heavy (non-hydrogen) atoms. The van der Waals surface area contributed by atoms with Crippen molar-refractivity contribution in [2.45, 2.75) is 13.0 Å². The van der Waals surface area contributed by atoms with Crippen LogP contribution in [0.5, 0.6) is 5.75 Å². The van der Waals surface area contributed by atoms with Crippen molar-refractivity contribution in [3.63, 3.8) is 0 Å². The van der Waals surface area contributed by atoms with Crippen LogP contribution in [-0.4, -0.2) is 55.9 Å². The molecule has 1 aromatic rings. The Kier molecular flexibility index (Phi) is 7.63. The molecule has 1 N–H and O–H groups in total. The molecule has 118 valence electrons. The lowest BCUT2D eigenvalue weighted by atomic mass is 10.1. The first-order valence-corrected chi connectivity index (χ1v) is 6.48. The third-order valence-electron chi connectivity index (χ3n) is 2.79. The van der Waals surface area contributed by atoms with E-state index < -0.39 is 6.61 Å². The number of halogens is 2. The number of aliphatic hydroxyl groups excluding tert-OH is 1. The molecule has 0 saturated heterocycles. The maximum atomic E-state index is 12.1. The van der Waals surface area contributed by atoms with E-state index in [1.54, 1.807) is 12.1 Å². The van der Waals surface area contributed by atoms with Gasteiger partial charge in [0.1, 0.15) is 5.75 Å². The number of nitrogens with zero attached hydrogens (tertiary/aromatic N) is 1. The molecule has 0 heterocycles. The fourth-order valence-corrected chi connectivity index (χ4v) is 1.76. The molecule has 1 amide bonds. The lowest BCUT2D eigenvalue weighted by Crippen LogP contribution is -2.37. The smallest absolute Gasteiger partial charge is 0.387 e. The number of aliphatic hydroxyl groups is 1.